The highest BCUT2D eigenvalue weighted by molar-refractivity contribution is 5.90. The van der Waals surface area contributed by atoms with E-state index in [1.165, 1.54) is 0 Å². The Balaban J connectivity index is 3.71. The molecule has 0 heterocycles. The minimum absolute atomic E-state index is 0.150. The Morgan fingerprint density at radius 1 is 1.33 bits per heavy atom. The molecule has 0 amide bonds. The molecule has 0 saturated carbocycles. The molecule has 0 saturated heterocycles. The molecule has 0 aliphatic heterocycles. The number of aliphatic carboxylic acids is 1. The van der Waals surface area contributed by atoms with Gasteiger partial charge >= 0.3 is 11.9 Å². The van der Waals surface area contributed by atoms with Gasteiger partial charge in [0, 0.05) is 12.2 Å². The lowest BCUT2D eigenvalue weighted by molar-refractivity contribution is -0.143. The third kappa shape index (κ3) is 9.00. The summed E-state index contributed by atoms with van der Waals surface area (Å²) in [6.07, 6.45) is 5.64. The third-order valence-electron chi connectivity index (χ3n) is 1.89. The summed E-state index contributed by atoms with van der Waals surface area (Å²) >= 11 is 0. The molecule has 0 bridgehead atoms. The third-order valence-corrected chi connectivity index (χ3v) is 1.89. The summed E-state index contributed by atoms with van der Waals surface area (Å²) < 4.78 is 4.96. The van der Waals surface area contributed by atoms with Crippen molar-refractivity contribution in [2.45, 2.75) is 45.6 Å². The van der Waals surface area contributed by atoms with Crippen LogP contribution in [0.1, 0.15) is 39.5 Å². The van der Waals surface area contributed by atoms with Gasteiger partial charge in [-0.2, -0.15) is 0 Å². The predicted molar refractivity (Wildman–Crippen MR) is 56.5 cm³/mol. The molecule has 0 aliphatic carbocycles. The van der Waals surface area contributed by atoms with Crippen molar-refractivity contribution in [3.05, 3.63) is 12.2 Å². The molecule has 0 aromatic carbocycles. The van der Waals surface area contributed by atoms with Crippen LogP contribution in [-0.2, 0) is 14.3 Å². The first-order valence-electron chi connectivity index (χ1n) is 5.18. The van der Waals surface area contributed by atoms with Gasteiger partial charge in [-0.3, -0.25) is 0 Å². The Morgan fingerprint density at radius 3 is 2.53 bits per heavy atom. The number of esters is 1. The van der Waals surface area contributed by atoms with Crippen LogP contribution in [-0.4, -0.2) is 23.1 Å². The van der Waals surface area contributed by atoms with Crippen LogP contribution in [0.3, 0.4) is 0 Å². The summed E-state index contributed by atoms with van der Waals surface area (Å²) in [4.78, 5) is 21.1. The molecule has 0 aliphatic rings. The van der Waals surface area contributed by atoms with Gasteiger partial charge in [-0.15, -0.1) is 0 Å². The zero-order chi connectivity index (χ0) is 11.7. The van der Waals surface area contributed by atoms with E-state index in [1.807, 2.05) is 6.92 Å². The second-order valence-electron chi connectivity index (χ2n) is 3.41. The number of carboxylic acids is 1. The van der Waals surface area contributed by atoms with E-state index in [2.05, 4.69) is 6.92 Å². The molecule has 0 aromatic rings. The number of carbonyl (C=O) groups excluding carboxylic acids is 1. The topological polar surface area (TPSA) is 63.6 Å². The molecule has 0 spiro atoms. The summed E-state index contributed by atoms with van der Waals surface area (Å²) in [6, 6.07) is 0. The van der Waals surface area contributed by atoms with Crippen LogP contribution in [0.5, 0.6) is 0 Å². The van der Waals surface area contributed by atoms with E-state index in [0.717, 1.165) is 37.8 Å². The largest absolute Gasteiger partial charge is 0.478 e. The number of rotatable bonds is 7. The lowest BCUT2D eigenvalue weighted by Gasteiger charge is -2.10. The van der Waals surface area contributed by atoms with Crippen LogP contribution in [0.4, 0.5) is 0 Å². The Morgan fingerprint density at radius 2 is 2.00 bits per heavy atom. The number of hydrogen-bond donors (Lipinski definition) is 1. The van der Waals surface area contributed by atoms with Crippen molar-refractivity contribution < 1.29 is 19.4 Å². The first-order valence-corrected chi connectivity index (χ1v) is 5.18. The second-order valence-corrected chi connectivity index (χ2v) is 3.41. The maximum absolute atomic E-state index is 11.0. The van der Waals surface area contributed by atoms with Gasteiger partial charge in [0.1, 0.15) is 0 Å². The molecule has 0 radical (unpaired) electrons. The molecular formula is C11H18O4. The Labute approximate surface area is 89.9 Å². The fourth-order valence-corrected chi connectivity index (χ4v) is 1.12. The lowest BCUT2D eigenvalue weighted by Crippen LogP contribution is -2.13. The molecule has 15 heavy (non-hydrogen) atoms. The monoisotopic (exact) mass is 214 g/mol. The van der Waals surface area contributed by atoms with Gasteiger partial charge in [0.15, 0.2) is 0 Å². The first kappa shape index (κ1) is 13.7. The van der Waals surface area contributed by atoms with Crippen molar-refractivity contribution in [2.75, 3.05) is 0 Å². The maximum atomic E-state index is 11.0. The fourth-order valence-electron chi connectivity index (χ4n) is 1.12. The van der Waals surface area contributed by atoms with Gasteiger partial charge in [0.25, 0.3) is 0 Å². The van der Waals surface area contributed by atoms with Crippen molar-refractivity contribution in [1.29, 1.82) is 0 Å². The molecular weight excluding hydrogens is 196 g/mol. The molecule has 86 valence electrons. The zero-order valence-electron chi connectivity index (χ0n) is 9.23. The van der Waals surface area contributed by atoms with Gasteiger partial charge in [0.05, 0.1) is 6.10 Å². The zero-order valence-corrected chi connectivity index (χ0v) is 9.23. The second kappa shape index (κ2) is 8.03. The molecule has 4 nitrogen and oxygen atoms in total. The predicted octanol–water partition coefficient (Wildman–Crippen LogP) is 2.14. The Hall–Kier alpha value is -1.32. The minimum Gasteiger partial charge on any atom is -0.478 e. The van der Waals surface area contributed by atoms with Crippen molar-refractivity contribution in [1.82, 2.24) is 0 Å². The maximum Gasteiger partial charge on any atom is 0.331 e. The van der Waals surface area contributed by atoms with Crippen LogP contribution in [0.2, 0.25) is 0 Å². The van der Waals surface area contributed by atoms with Gasteiger partial charge in [0.2, 0.25) is 0 Å². The van der Waals surface area contributed by atoms with Crippen LogP contribution >= 0.6 is 0 Å². The summed E-state index contributed by atoms with van der Waals surface area (Å²) in [5.74, 6) is -1.74. The summed E-state index contributed by atoms with van der Waals surface area (Å²) in [5, 5.41) is 8.28. The molecule has 1 N–H and O–H groups in total. The van der Waals surface area contributed by atoms with Gasteiger partial charge in [-0.25, -0.2) is 9.59 Å². The number of hydrogen-bond acceptors (Lipinski definition) is 3. The van der Waals surface area contributed by atoms with E-state index >= 15 is 0 Å². The molecule has 4 heteroatoms. The normalized spacial score (nSPS) is 12.7. The van der Waals surface area contributed by atoms with E-state index in [0.29, 0.717) is 0 Å². The fraction of sp³-hybridized carbons (Fsp3) is 0.636. The number of carboxylic acid groups (broad SMARTS) is 1. The van der Waals surface area contributed by atoms with E-state index in [-0.39, 0.29) is 6.10 Å². The standard InChI is InChI=1S/C11H18O4/c1-3-4-5-6-9(2)15-11(14)8-7-10(12)13/h7-9H,3-6H2,1-2H3,(H,12,13)/b8-7+. The smallest absolute Gasteiger partial charge is 0.331 e. The highest BCUT2D eigenvalue weighted by atomic mass is 16.5. The highest BCUT2D eigenvalue weighted by Crippen LogP contribution is 2.06. The average molecular weight is 214 g/mol. The number of carbonyl (C=O) groups is 2. The van der Waals surface area contributed by atoms with Crippen LogP contribution in [0, 0.1) is 0 Å². The SMILES string of the molecule is CCCCCC(C)OC(=O)/C=C/C(=O)O. The van der Waals surface area contributed by atoms with Crippen molar-refractivity contribution in [3.63, 3.8) is 0 Å². The molecule has 0 aromatic heterocycles. The number of unbranched alkanes of at least 4 members (excludes halogenated alkanes) is 2. The van der Waals surface area contributed by atoms with Crippen LogP contribution in [0.25, 0.3) is 0 Å². The summed E-state index contributed by atoms with van der Waals surface area (Å²) in [6.45, 7) is 3.91. The molecule has 1 unspecified atom stereocenters. The Bertz CT molecular complexity index is 233. The van der Waals surface area contributed by atoms with E-state index in [9.17, 15) is 9.59 Å². The Kier molecular flexibility index (Phi) is 7.32. The van der Waals surface area contributed by atoms with E-state index < -0.39 is 11.9 Å². The van der Waals surface area contributed by atoms with E-state index in [1.54, 1.807) is 0 Å². The molecule has 0 rings (SSSR count). The number of ether oxygens (including phenoxy) is 1. The van der Waals surface area contributed by atoms with Crippen molar-refractivity contribution in [2.24, 2.45) is 0 Å². The minimum atomic E-state index is -1.15. The molecule has 0 fully saturated rings. The average Bonchev–Trinajstić information content (AvgIpc) is 2.15. The van der Waals surface area contributed by atoms with Crippen LogP contribution in [0.15, 0.2) is 12.2 Å². The lowest BCUT2D eigenvalue weighted by atomic mass is 10.1. The molecule has 1 atom stereocenters. The summed E-state index contributed by atoms with van der Waals surface area (Å²) in [7, 11) is 0. The van der Waals surface area contributed by atoms with Crippen molar-refractivity contribution in [3.8, 4) is 0 Å². The van der Waals surface area contributed by atoms with Crippen molar-refractivity contribution >= 4 is 11.9 Å². The van der Waals surface area contributed by atoms with Gasteiger partial charge in [-0.05, 0) is 19.8 Å². The first-order chi connectivity index (χ1) is 7.06. The quantitative estimate of drug-likeness (QED) is 0.400. The van der Waals surface area contributed by atoms with Gasteiger partial charge in [-0.1, -0.05) is 19.8 Å². The van der Waals surface area contributed by atoms with Crippen LogP contribution < -0.4 is 0 Å². The highest BCUT2D eigenvalue weighted by Gasteiger charge is 2.06. The van der Waals surface area contributed by atoms with Gasteiger partial charge < -0.3 is 9.84 Å². The van der Waals surface area contributed by atoms with E-state index in [4.69, 9.17) is 9.84 Å². The summed E-state index contributed by atoms with van der Waals surface area (Å²) in [5.41, 5.74) is 0.